The van der Waals surface area contributed by atoms with Gasteiger partial charge < -0.3 is 0 Å². The third kappa shape index (κ3) is 1.89. The van der Waals surface area contributed by atoms with E-state index in [1.165, 1.54) is 11.1 Å². The first kappa shape index (κ1) is 10.6. The second kappa shape index (κ2) is 4.31. The fourth-order valence-corrected chi connectivity index (χ4v) is 1.96. The van der Waals surface area contributed by atoms with E-state index in [-0.39, 0.29) is 0 Å². The highest BCUT2D eigenvalue weighted by atomic mass is 16.1. The van der Waals surface area contributed by atoms with Gasteiger partial charge in [-0.3, -0.25) is 4.79 Å². The minimum atomic E-state index is 0.805. The summed E-state index contributed by atoms with van der Waals surface area (Å²) in [5.74, 6) is 0. The molecule has 1 nitrogen and oxygen atoms in total. The van der Waals surface area contributed by atoms with Crippen molar-refractivity contribution in [3.63, 3.8) is 0 Å². The molecule has 0 heterocycles. The van der Waals surface area contributed by atoms with Crippen molar-refractivity contribution in [2.45, 2.75) is 13.8 Å². The first-order chi connectivity index (χ1) is 7.72. The smallest absolute Gasteiger partial charge is 0.150 e. The van der Waals surface area contributed by atoms with Crippen LogP contribution in [-0.4, -0.2) is 6.29 Å². The Hall–Kier alpha value is -1.89. The van der Waals surface area contributed by atoms with Crippen molar-refractivity contribution >= 4 is 6.29 Å². The predicted molar refractivity (Wildman–Crippen MR) is 66.7 cm³/mol. The molecule has 0 aliphatic heterocycles. The Labute approximate surface area is 95.7 Å². The molecule has 16 heavy (non-hydrogen) atoms. The van der Waals surface area contributed by atoms with E-state index in [1.807, 2.05) is 32.0 Å². The lowest BCUT2D eigenvalue weighted by atomic mass is 9.96. The van der Waals surface area contributed by atoms with E-state index in [0.717, 1.165) is 23.0 Å². The second-order valence-electron chi connectivity index (χ2n) is 4.01. The quantitative estimate of drug-likeness (QED) is 0.689. The maximum atomic E-state index is 10.9. The van der Waals surface area contributed by atoms with E-state index < -0.39 is 0 Å². The predicted octanol–water partition coefficient (Wildman–Crippen LogP) is 3.78. The van der Waals surface area contributed by atoms with E-state index in [2.05, 4.69) is 24.3 Å². The van der Waals surface area contributed by atoms with Gasteiger partial charge in [-0.1, -0.05) is 42.5 Å². The van der Waals surface area contributed by atoms with Crippen LogP contribution in [0.1, 0.15) is 21.5 Å². The number of aldehydes is 1. The van der Waals surface area contributed by atoms with Gasteiger partial charge in [0.25, 0.3) is 0 Å². The van der Waals surface area contributed by atoms with Gasteiger partial charge in [0, 0.05) is 5.56 Å². The highest BCUT2D eigenvalue weighted by Crippen LogP contribution is 2.24. The molecule has 2 aromatic carbocycles. The number of carbonyl (C=O) groups is 1. The zero-order valence-corrected chi connectivity index (χ0v) is 9.53. The van der Waals surface area contributed by atoms with E-state index in [9.17, 15) is 4.79 Å². The molecule has 1 heteroatoms. The Morgan fingerprint density at radius 1 is 0.875 bits per heavy atom. The van der Waals surface area contributed by atoms with Crippen molar-refractivity contribution < 1.29 is 4.79 Å². The van der Waals surface area contributed by atoms with Gasteiger partial charge in [0.2, 0.25) is 0 Å². The summed E-state index contributed by atoms with van der Waals surface area (Å²) in [6.07, 6.45) is 0.930. The number of rotatable bonds is 2. The Bertz CT molecular complexity index is 489. The molecule has 0 saturated heterocycles. The Morgan fingerprint density at radius 2 is 1.44 bits per heavy atom. The summed E-state index contributed by atoms with van der Waals surface area (Å²) in [7, 11) is 0. The zero-order chi connectivity index (χ0) is 11.5. The minimum Gasteiger partial charge on any atom is -0.298 e. The molecular formula is C15H14O. The largest absolute Gasteiger partial charge is 0.298 e. The molecule has 0 atom stereocenters. The van der Waals surface area contributed by atoms with Gasteiger partial charge in [-0.05, 0) is 36.1 Å². The summed E-state index contributed by atoms with van der Waals surface area (Å²) >= 11 is 0. The lowest BCUT2D eigenvalue weighted by molar-refractivity contribution is 0.112. The highest BCUT2D eigenvalue weighted by Gasteiger charge is 2.05. The molecule has 2 rings (SSSR count). The summed E-state index contributed by atoms with van der Waals surface area (Å²) in [6.45, 7) is 3.95. The monoisotopic (exact) mass is 210 g/mol. The number of hydrogen-bond donors (Lipinski definition) is 0. The van der Waals surface area contributed by atoms with Crippen LogP contribution in [0.4, 0.5) is 0 Å². The van der Waals surface area contributed by atoms with E-state index in [4.69, 9.17) is 0 Å². The molecule has 2 aromatic rings. The van der Waals surface area contributed by atoms with Gasteiger partial charge in [-0.15, -0.1) is 0 Å². The molecule has 0 radical (unpaired) electrons. The maximum Gasteiger partial charge on any atom is 0.150 e. The third-order valence-electron chi connectivity index (χ3n) is 2.82. The lowest BCUT2D eigenvalue weighted by Crippen LogP contribution is -1.92. The van der Waals surface area contributed by atoms with Gasteiger partial charge in [0.1, 0.15) is 0 Å². The summed E-state index contributed by atoms with van der Waals surface area (Å²) in [5, 5.41) is 0. The molecular weight excluding hydrogens is 196 g/mol. The summed E-state index contributed by atoms with van der Waals surface area (Å²) in [4.78, 5) is 10.9. The number of carbonyl (C=O) groups excluding carboxylic acids is 1. The van der Waals surface area contributed by atoms with Gasteiger partial charge in [0.05, 0.1) is 0 Å². The Morgan fingerprint density at radius 3 is 1.94 bits per heavy atom. The molecule has 0 fully saturated rings. The summed E-state index contributed by atoms with van der Waals surface area (Å²) in [6, 6.07) is 14.3. The van der Waals surface area contributed by atoms with Gasteiger partial charge in [-0.2, -0.15) is 0 Å². The summed E-state index contributed by atoms with van der Waals surface area (Å²) < 4.78 is 0. The van der Waals surface area contributed by atoms with Crippen LogP contribution in [0.3, 0.4) is 0 Å². The highest BCUT2D eigenvalue weighted by molar-refractivity contribution is 5.82. The van der Waals surface area contributed by atoms with Gasteiger partial charge in [0.15, 0.2) is 6.29 Å². The number of benzene rings is 2. The standard InChI is InChI=1S/C15H14O/c1-11-8-14(9-12(2)15(11)10-16)13-6-4-3-5-7-13/h3-10H,1-2H3. The SMILES string of the molecule is Cc1cc(-c2ccccc2)cc(C)c1C=O. The van der Waals surface area contributed by atoms with Crippen LogP contribution in [-0.2, 0) is 0 Å². The molecule has 0 saturated carbocycles. The van der Waals surface area contributed by atoms with Crippen LogP contribution in [0.15, 0.2) is 42.5 Å². The lowest BCUT2D eigenvalue weighted by Gasteiger charge is -2.08. The van der Waals surface area contributed by atoms with Gasteiger partial charge in [-0.25, -0.2) is 0 Å². The van der Waals surface area contributed by atoms with Crippen LogP contribution in [0, 0.1) is 13.8 Å². The molecule has 0 unspecified atom stereocenters. The van der Waals surface area contributed by atoms with Crippen molar-refractivity contribution in [2.24, 2.45) is 0 Å². The van der Waals surface area contributed by atoms with E-state index >= 15 is 0 Å². The molecule has 0 spiro atoms. The zero-order valence-electron chi connectivity index (χ0n) is 9.53. The van der Waals surface area contributed by atoms with Crippen molar-refractivity contribution in [1.82, 2.24) is 0 Å². The molecule has 0 N–H and O–H groups in total. The van der Waals surface area contributed by atoms with Crippen molar-refractivity contribution in [2.75, 3.05) is 0 Å². The normalized spacial score (nSPS) is 10.1. The van der Waals surface area contributed by atoms with E-state index in [0.29, 0.717) is 0 Å². The van der Waals surface area contributed by atoms with Crippen LogP contribution in [0.5, 0.6) is 0 Å². The average molecular weight is 210 g/mol. The fraction of sp³-hybridized carbons (Fsp3) is 0.133. The number of hydrogen-bond acceptors (Lipinski definition) is 1. The molecule has 80 valence electrons. The first-order valence-electron chi connectivity index (χ1n) is 5.34. The van der Waals surface area contributed by atoms with Crippen LogP contribution < -0.4 is 0 Å². The molecule has 0 amide bonds. The Kier molecular flexibility index (Phi) is 2.86. The van der Waals surface area contributed by atoms with Crippen LogP contribution in [0.2, 0.25) is 0 Å². The van der Waals surface area contributed by atoms with Crippen LogP contribution >= 0.6 is 0 Å². The van der Waals surface area contributed by atoms with Crippen LogP contribution in [0.25, 0.3) is 11.1 Å². The van der Waals surface area contributed by atoms with Crippen molar-refractivity contribution in [1.29, 1.82) is 0 Å². The second-order valence-corrected chi connectivity index (χ2v) is 4.01. The van der Waals surface area contributed by atoms with Gasteiger partial charge >= 0.3 is 0 Å². The third-order valence-corrected chi connectivity index (χ3v) is 2.82. The van der Waals surface area contributed by atoms with Crippen molar-refractivity contribution in [3.8, 4) is 11.1 Å². The van der Waals surface area contributed by atoms with E-state index in [1.54, 1.807) is 0 Å². The average Bonchev–Trinajstić information content (AvgIpc) is 2.30. The first-order valence-corrected chi connectivity index (χ1v) is 5.34. The van der Waals surface area contributed by atoms with Crippen molar-refractivity contribution in [3.05, 3.63) is 59.2 Å². The minimum absolute atomic E-state index is 0.805. The molecule has 0 bridgehead atoms. The topological polar surface area (TPSA) is 17.1 Å². The molecule has 0 aliphatic carbocycles. The molecule has 0 aliphatic rings. The summed E-state index contributed by atoms with van der Waals surface area (Å²) in [5.41, 5.74) is 5.23. The maximum absolute atomic E-state index is 10.9. The Balaban J connectivity index is 2.57. The molecule has 0 aromatic heterocycles. The fourth-order valence-electron chi connectivity index (χ4n) is 1.96. The number of aryl methyl sites for hydroxylation is 2.